The van der Waals surface area contributed by atoms with Gasteiger partial charge in [-0.1, -0.05) is 27.7 Å². The molecule has 2 heteroatoms. The zero-order valence-electron chi connectivity index (χ0n) is 14.5. The topological polar surface area (TPSA) is 21.3 Å². The van der Waals surface area contributed by atoms with E-state index in [1.54, 1.807) is 0 Å². The zero-order chi connectivity index (χ0) is 15.0. The summed E-state index contributed by atoms with van der Waals surface area (Å²) in [5, 5.41) is 3.68. The van der Waals surface area contributed by atoms with E-state index in [1.807, 2.05) is 0 Å². The molecule has 20 heavy (non-hydrogen) atoms. The van der Waals surface area contributed by atoms with Crippen molar-refractivity contribution in [1.82, 2.24) is 5.32 Å². The van der Waals surface area contributed by atoms with Gasteiger partial charge in [0.1, 0.15) is 0 Å². The van der Waals surface area contributed by atoms with Crippen molar-refractivity contribution in [3.05, 3.63) is 0 Å². The van der Waals surface area contributed by atoms with Gasteiger partial charge in [0.05, 0.1) is 0 Å². The summed E-state index contributed by atoms with van der Waals surface area (Å²) in [6, 6.07) is 0. The van der Waals surface area contributed by atoms with Crippen molar-refractivity contribution in [3.63, 3.8) is 0 Å². The molecule has 0 bridgehead atoms. The van der Waals surface area contributed by atoms with Crippen molar-refractivity contribution in [2.75, 3.05) is 26.3 Å². The van der Waals surface area contributed by atoms with Gasteiger partial charge in [0, 0.05) is 13.2 Å². The molecule has 0 radical (unpaired) electrons. The third-order valence-corrected chi connectivity index (χ3v) is 4.70. The maximum Gasteiger partial charge on any atom is 0.0465 e. The van der Waals surface area contributed by atoms with Gasteiger partial charge in [-0.05, 0) is 75.3 Å². The van der Waals surface area contributed by atoms with Crippen molar-refractivity contribution in [1.29, 1.82) is 0 Å². The van der Waals surface area contributed by atoms with Crippen molar-refractivity contribution in [2.45, 2.75) is 66.7 Å². The summed E-state index contributed by atoms with van der Waals surface area (Å²) < 4.78 is 5.51. The van der Waals surface area contributed by atoms with Crippen molar-refractivity contribution in [3.8, 4) is 0 Å². The Morgan fingerprint density at radius 3 is 2.65 bits per heavy atom. The number of ether oxygens (including phenoxy) is 1. The summed E-state index contributed by atoms with van der Waals surface area (Å²) in [5.41, 5.74) is 0.546. The molecule has 0 spiro atoms. The van der Waals surface area contributed by atoms with E-state index in [4.69, 9.17) is 4.74 Å². The molecule has 0 aliphatic heterocycles. The summed E-state index contributed by atoms with van der Waals surface area (Å²) in [6.07, 6.45) is 6.76. The molecule has 0 aromatic heterocycles. The lowest BCUT2D eigenvalue weighted by Gasteiger charge is -2.41. The third-order valence-electron chi connectivity index (χ3n) is 4.70. The van der Waals surface area contributed by atoms with Crippen LogP contribution in [0.2, 0.25) is 0 Å². The minimum Gasteiger partial charge on any atom is -0.382 e. The third kappa shape index (κ3) is 7.08. The molecule has 0 aromatic rings. The molecule has 1 aliphatic carbocycles. The first-order chi connectivity index (χ1) is 9.44. The largest absolute Gasteiger partial charge is 0.382 e. The number of nitrogens with one attached hydrogen (secondary N) is 1. The molecule has 0 heterocycles. The molecule has 0 saturated heterocycles. The average Bonchev–Trinajstić information content (AvgIpc) is 2.36. The van der Waals surface area contributed by atoms with E-state index in [1.165, 1.54) is 38.6 Å². The summed E-state index contributed by atoms with van der Waals surface area (Å²) in [7, 11) is 0. The normalized spacial score (nSPS) is 26.1. The predicted molar refractivity (Wildman–Crippen MR) is 88.0 cm³/mol. The van der Waals surface area contributed by atoms with Gasteiger partial charge < -0.3 is 10.1 Å². The Labute approximate surface area is 127 Å². The first-order valence-corrected chi connectivity index (χ1v) is 8.73. The summed E-state index contributed by atoms with van der Waals surface area (Å²) >= 11 is 0. The van der Waals surface area contributed by atoms with Gasteiger partial charge in [0.25, 0.3) is 0 Å². The second-order valence-electron chi connectivity index (χ2n) is 7.82. The SMILES string of the molecule is CCOCCCC1CC(C)(C)CCC1CNCC(C)C. The van der Waals surface area contributed by atoms with E-state index in [2.05, 4.69) is 39.9 Å². The Bertz CT molecular complexity index is 250. The van der Waals surface area contributed by atoms with Crippen molar-refractivity contribution >= 4 is 0 Å². The molecule has 1 aliphatic rings. The minimum absolute atomic E-state index is 0.546. The van der Waals surface area contributed by atoms with E-state index in [0.29, 0.717) is 5.41 Å². The molecule has 2 unspecified atom stereocenters. The fourth-order valence-corrected chi connectivity index (χ4v) is 3.55. The number of rotatable bonds is 9. The van der Waals surface area contributed by atoms with Crippen LogP contribution < -0.4 is 5.32 Å². The van der Waals surface area contributed by atoms with Crippen LogP contribution in [0.1, 0.15) is 66.7 Å². The first-order valence-electron chi connectivity index (χ1n) is 8.73. The lowest BCUT2D eigenvalue weighted by molar-refractivity contribution is 0.0905. The average molecular weight is 284 g/mol. The molecular formula is C18H37NO. The van der Waals surface area contributed by atoms with Crippen LogP contribution in [-0.2, 0) is 4.74 Å². The van der Waals surface area contributed by atoms with E-state index < -0.39 is 0 Å². The number of hydrogen-bond acceptors (Lipinski definition) is 2. The fourth-order valence-electron chi connectivity index (χ4n) is 3.55. The summed E-state index contributed by atoms with van der Waals surface area (Å²) in [5.74, 6) is 2.52. The van der Waals surface area contributed by atoms with E-state index >= 15 is 0 Å². The van der Waals surface area contributed by atoms with Crippen LogP contribution in [-0.4, -0.2) is 26.3 Å². The molecule has 2 nitrogen and oxygen atoms in total. The van der Waals surface area contributed by atoms with Crippen LogP contribution in [0.25, 0.3) is 0 Å². The maximum atomic E-state index is 5.51. The highest BCUT2D eigenvalue weighted by Crippen LogP contribution is 2.43. The molecule has 120 valence electrons. The Balaban J connectivity index is 2.38. The molecule has 0 amide bonds. The molecule has 1 rings (SSSR count). The molecule has 1 saturated carbocycles. The smallest absolute Gasteiger partial charge is 0.0465 e. The highest BCUT2D eigenvalue weighted by molar-refractivity contribution is 4.86. The number of hydrogen-bond donors (Lipinski definition) is 1. The van der Waals surface area contributed by atoms with Gasteiger partial charge in [-0.25, -0.2) is 0 Å². The summed E-state index contributed by atoms with van der Waals surface area (Å²) in [4.78, 5) is 0. The van der Waals surface area contributed by atoms with Crippen LogP contribution in [0.4, 0.5) is 0 Å². The van der Waals surface area contributed by atoms with Crippen LogP contribution in [0, 0.1) is 23.2 Å². The highest BCUT2D eigenvalue weighted by atomic mass is 16.5. The van der Waals surface area contributed by atoms with Crippen molar-refractivity contribution < 1.29 is 4.74 Å². The van der Waals surface area contributed by atoms with E-state index in [0.717, 1.165) is 37.5 Å². The van der Waals surface area contributed by atoms with Crippen LogP contribution in [0.5, 0.6) is 0 Å². The van der Waals surface area contributed by atoms with E-state index in [9.17, 15) is 0 Å². The molecule has 2 atom stereocenters. The van der Waals surface area contributed by atoms with Crippen LogP contribution in [0.3, 0.4) is 0 Å². The Kier molecular flexibility index (Phi) is 8.13. The van der Waals surface area contributed by atoms with Gasteiger partial charge in [-0.3, -0.25) is 0 Å². The van der Waals surface area contributed by atoms with Gasteiger partial charge in [-0.15, -0.1) is 0 Å². The first kappa shape index (κ1) is 18.0. The Hall–Kier alpha value is -0.0800. The van der Waals surface area contributed by atoms with Gasteiger partial charge in [-0.2, -0.15) is 0 Å². The standard InChI is InChI=1S/C18H37NO/c1-6-20-11-7-8-16-12-18(4,5)10-9-17(16)14-19-13-15(2)3/h15-17,19H,6-14H2,1-5H3. The monoisotopic (exact) mass is 283 g/mol. The van der Waals surface area contributed by atoms with Crippen LogP contribution in [0.15, 0.2) is 0 Å². The van der Waals surface area contributed by atoms with Gasteiger partial charge in [0.2, 0.25) is 0 Å². The Morgan fingerprint density at radius 1 is 1.25 bits per heavy atom. The minimum atomic E-state index is 0.546. The van der Waals surface area contributed by atoms with E-state index in [-0.39, 0.29) is 0 Å². The lowest BCUT2D eigenvalue weighted by Crippen LogP contribution is -2.37. The molecular weight excluding hydrogens is 246 g/mol. The van der Waals surface area contributed by atoms with Crippen LogP contribution >= 0.6 is 0 Å². The second-order valence-corrected chi connectivity index (χ2v) is 7.82. The van der Waals surface area contributed by atoms with Gasteiger partial charge in [0.15, 0.2) is 0 Å². The maximum absolute atomic E-state index is 5.51. The lowest BCUT2D eigenvalue weighted by atomic mass is 9.66. The Morgan fingerprint density at radius 2 is 2.00 bits per heavy atom. The second kappa shape index (κ2) is 9.04. The predicted octanol–water partition coefficient (Wildman–Crippen LogP) is 4.49. The van der Waals surface area contributed by atoms with Gasteiger partial charge >= 0.3 is 0 Å². The summed E-state index contributed by atoms with van der Waals surface area (Å²) in [6.45, 7) is 15.7. The molecule has 1 N–H and O–H groups in total. The molecule has 0 aromatic carbocycles. The zero-order valence-corrected chi connectivity index (χ0v) is 14.5. The fraction of sp³-hybridized carbons (Fsp3) is 1.00. The van der Waals surface area contributed by atoms with Crippen molar-refractivity contribution in [2.24, 2.45) is 23.2 Å². The highest BCUT2D eigenvalue weighted by Gasteiger charge is 2.34. The quantitative estimate of drug-likeness (QED) is 0.629. The molecule has 1 fully saturated rings.